The van der Waals surface area contributed by atoms with Crippen molar-refractivity contribution < 1.29 is 40.9 Å². The molecule has 68 heavy (non-hydrogen) atoms. The number of ether oxygens (including phenoxy) is 4. The molecule has 0 unspecified atom stereocenters. The van der Waals surface area contributed by atoms with Crippen molar-refractivity contribution in [2.24, 2.45) is 10.2 Å². The lowest BCUT2D eigenvalue weighted by atomic mass is 10.0. The van der Waals surface area contributed by atoms with Crippen molar-refractivity contribution in [1.82, 2.24) is 9.78 Å². The Morgan fingerprint density at radius 3 is 1.97 bits per heavy atom. The zero-order valence-electron chi connectivity index (χ0n) is 39.3. The molecule has 0 aliphatic heterocycles. The van der Waals surface area contributed by atoms with Gasteiger partial charge in [0, 0.05) is 13.2 Å². The maximum Gasteiger partial charge on any atom is 0.300 e. The maximum absolute atomic E-state index is 14.1. The minimum absolute atomic E-state index is 0.0288. The van der Waals surface area contributed by atoms with Gasteiger partial charge in [0.1, 0.15) is 46.3 Å². The number of nitrogens with zero attached hydrogens (tertiary/aromatic N) is 4. The number of methoxy groups -OCH3 is 2. The smallest absolute Gasteiger partial charge is 0.300 e. The number of aryl methyl sites for hydroxylation is 1. The van der Waals surface area contributed by atoms with Gasteiger partial charge in [-0.25, -0.2) is 21.5 Å². The van der Waals surface area contributed by atoms with Crippen LogP contribution in [-0.2, 0) is 24.8 Å². The first kappa shape index (κ1) is 52.6. The van der Waals surface area contributed by atoms with Crippen LogP contribution in [0.1, 0.15) is 108 Å². The van der Waals surface area contributed by atoms with Gasteiger partial charge < -0.3 is 24.1 Å². The summed E-state index contributed by atoms with van der Waals surface area (Å²) in [5.41, 5.74) is -0.500. The Balaban J connectivity index is 1.27. The summed E-state index contributed by atoms with van der Waals surface area (Å²) >= 11 is 0. The highest BCUT2D eigenvalue weighted by Gasteiger charge is 2.25. The average molecular weight is 974 g/mol. The quantitative estimate of drug-likeness (QED) is 0.0192. The fourth-order valence-corrected chi connectivity index (χ4v) is 9.62. The van der Waals surface area contributed by atoms with E-state index in [-0.39, 0.29) is 63.8 Å². The summed E-state index contributed by atoms with van der Waals surface area (Å²) in [6.07, 6.45) is 17.2. The van der Waals surface area contributed by atoms with Gasteiger partial charge in [-0.1, -0.05) is 109 Å². The Kier molecular flexibility index (Phi) is 20.3. The van der Waals surface area contributed by atoms with Crippen molar-refractivity contribution in [3.8, 4) is 34.8 Å². The minimum Gasteiger partial charge on any atom is -0.506 e. The van der Waals surface area contributed by atoms with E-state index >= 15 is 0 Å². The van der Waals surface area contributed by atoms with Crippen LogP contribution in [0.25, 0.3) is 5.69 Å². The largest absolute Gasteiger partial charge is 0.506 e. The van der Waals surface area contributed by atoms with E-state index in [0.29, 0.717) is 23.6 Å². The van der Waals surface area contributed by atoms with Crippen molar-refractivity contribution in [2.45, 2.75) is 114 Å². The van der Waals surface area contributed by atoms with Crippen molar-refractivity contribution in [3.05, 3.63) is 100 Å². The van der Waals surface area contributed by atoms with Crippen LogP contribution in [0.4, 0.5) is 22.7 Å². The SMILES string of the molecule is CCCCCCCCCCCCCCCCOc1cc(NS(=O)(=O)c2cc(NS(=O)(=O)c3ccc(OC)c(N=Nc4c(C#N)[nH]n(-c5ccccc5)c4=O)c3)ccc2OCCOC)c(O)cc1C. The summed E-state index contributed by atoms with van der Waals surface area (Å²) in [5.74, 6) is 0.0427. The number of para-hydroxylation sites is 1. The molecular formula is C49H63N7O10S2. The van der Waals surface area contributed by atoms with E-state index in [9.17, 15) is 32.0 Å². The Morgan fingerprint density at radius 2 is 1.34 bits per heavy atom. The van der Waals surface area contributed by atoms with Crippen LogP contribution in [0.3, 0.4) is 0 Å². The molecule has 0 saturated heterocycles. The third-order valence-corrected chi connectivity index (χ3v) is 13.8. The normalized spacial score (nSPS) is 11.7. The molecule has 0 aliphatic carbocycles. The third kappa shape index (κ3) is 15.1. The summed E-state index contributed by atoms with van der Waals surface area (Å²) in [4.78, 5) is 12.5. The number of aromatic amines is 1. The van der Waals surface area contributed by atoms with Crippen molar-refractivity contribution in [1.29, 1.82) is 5.26 Å². The van der Waals surface area contributed by atoms with Gasteiger partial charge in [-0.15, -0.1) is 10.2 Å². The lowest BCUT2D eigenvalue weighted by Gasteiger charge is -2.17. The number of unbranched alkanes of at least 4 members (excludes halogenated alkanes) is 13. The van der Waals surface area contributed by atoms with Crippen molar-refractivity contribution in [3.63, 3.8) is 0 Å². The summed E-state index contributed by atoms with van der Waals surface area (Å²) < 4.78 is 84.2. The van der Waals surface area contributed by atoms with Gasteiger partial charge >= 0.3 is 0 Å². The van der Waals surface area contributed by atoms with E-state index < -0.39 is 30.5 Å². The number of benzene rings is 4. The van der Waals surface area contributed by atoms with Crippen LogP contribution in [0.5, 0.6) is 23.0 Å². The monoisotopic (exact) mass is 973 g/mol. The van der Waals surface area contributed by atoms with E-state index in [1.165, 1.54) is 121 Å². The van der Waals surface area contributed by atoms with Crippen LogP contribution in [0, 0.1) is 18.3 Å². The first-order chi connectivity index (χ1) is 32.8. The van der Waals surface area contributed by atoms with Crippen LogP contribution >= 0.6 is 0 Å². The van der Waals surface area contributed by atoms with E-state index in [1.54, 1.807) is 37.3 Å². The summed E-state index contributed by atoms with van der Waals surface area (Å²) in [5, 5.41) is 31.4. The number of rotatable bonds is 30. The average Bonchev–Trinajstić information content (AvgIpc) is 3.65. The van der Waals surface area contributed by atoms with Gasteiger partial charge in [0.25, 0.3) is 25.6 Å². The van der Waals surface area contributed by atoms with E-state index in [4.69, 9.17) is 18.9 Å². The number of nitrogens with one attached hydrogen (secondary N) is 3. The molecule has 1 aromatic heterocycles. The number of aromatic nitrogens is 2. The molecule has 0 spiro atoms. The van der Waals surface area contributed by atoms with Crippen LogP contribution in [0.2, 0.25) is 0 Å². The maximum atomic E-state index is 14.1. The second-order valence-electron chi connectivity index (χ2n) is 16.3. The molecule has 0 bridgehead atoms. The second kappa shape index (κ2) is 26.3. The van der Waals surface area contributed by atoms with Gasteiger partial charge in [0.05, 0.1) is 42.3 Å². The number of phenolic OH excluding ortho intramolecular Hbond substituents is 1. The first-order valence-corrected chi connectivity index (χ1v) is 26.0. The topological polar surface area (TPSA) is 236 Å². The summed E-state index contributed by atoms with van der Waals surface area (Å²) in [6, 6.07) is 20.6. The fourth-order valence-electron chi connectivity index (χ4n) is 7.32. The Labute approximate surface area is 399 Å². The first-order valence-electron chi connectivity index (χ1n) is 23.0. The van der Waals surface area contributed by atoms with E-state index in [2.05, 4.69) is 31.7 Å². The molecule has 4 N–H and O–H groups in total. The number of hydrogen-bond acceptors (Lipinski definition) is 13. The van der Waals surface area contributed by atoms with Gasteiger partial charge in [-0.05, 0) is 73.5 Å². The van der Waals surface area contributed by atoms with Gasteiger partial charge in [0.15, 0.2) is 11.4 Å². The zero-order valence-corrected chi connectivity index (χ0v) is 40.9. The molecule has 19 heteroatoms. The molecule has 17 nitrogen and oxygen atoms in total. The number of azo groups is 1. The van der Waals surface area contributed by atoms with Gasteiger partial charge in [-0.3, -0.25) is 19.3 Å². The molecule has 0 amide bonds. The van der Waals surface area contributed by atoms with Crippen LogP contribution < -0.4 is 29.2 Å². The van der Waals surface area contributed by atoms with Crippen molar-refractivity contribution in [2.75, 3.05) is 43.5 Å². The zero-order chi connectivity index (χ0) is 48.9. The fraction of sp³-hybridized carbons (Fsp3) is 0.429. The lowest BCUT2D eigenvalue weighted by Crippen LogP contribution is -2.17. The molecule has 5 aromatic rings. The molecule has 0 saturated carbocycles. The number of hydrogen-bond donors (Lipinski definition) is 4. The summed E-state index contributed by atoms with van der Waals surface area (Å²) in [7, 11) is -6.24. The highest BCUT2D eigenvalue weighted by atomic mass is 32.2. The molecule has 4 aromatic carbocycles. The molecular weight excluding hydrogens is 911 g/mol. The number of nitriles is 1. The van der Waals surface area contributed by atoms with Crippen molar-refractivity contribution >= 4 is 42.8 Å². The summed E-state index contributed by atoms with van der Waals surface area (Å²) in [6.45, 7) is 4.51. The molecule has 0 aliphatic rings. The predicted octanol–water partition coefficient (Wildman–Crippen LogP) is 11.0. The number of sulfonamides is 2. The van der Waals surface area contributed by atoms with E-state index in [1.807, 2.05) is 6.07 Å². The number of anilines is 2. The molecule has 0 atom stereocenters. The minimum atomic E-state index is -4.56. The lowest BCUT2D eigenvalue weighted by molar-refractivity contribution is 0.144. The predicted molar refractivity (Wildman–Crippen MR) is 262 cm³/mol. The Bertz CT molecular complexity index is 2770. The molecule has 5 rings (SSSR count). The molecule has 0 radical (unpaired) electrons. The Hall–Kier alpha value is -6.36. The second-order valence-corrected chi connectivity index (χ2v) is 19.6. The standard InChI is InChI=1S/C49H63N7O10S2/c1-5-6-7-8-9-10-11-12-13-14-15-16-17-21-28-65-46-34-40(43(57)31-36(46)2)55-68(61,62)47-32-37(24-26-45(47)66-30-29-63-3)54-67(59,60)39-25-27-44(64-4)41(33-39)51-52-48-42(35-50)53-56(49(48)58)38-22-19-18-20-23-38/h18-20,22-27,31-34,53-55,57H,5-17,21,28-30H2,1-4H3. The third-order valence-electron chi connectivity index (χ3n) is 11.0. The van der Waals surface area contributed by atoms with Crippen LogP contribution in [-0.4, -0.2) is 65.8 Å². The van der Waals surface area contributed by atoms with Gasteiger partial charge in [-0.2, -0.15) is 5.26 Å². The molecule has 1 heterocycles. The van der Waals surface area contributed by atoms with Gasteiger partial charge in [0.2, 0.25) is 0 Å². The highest BCUT2D eigenvalue weighted by Crippen LogP contribution is 2.37. The Morgan fingerprint density at radius 1 is 0.706 bits per heavy atom. The molecule has 366 valence electrons. The number of H-pyrrole nitrogens is 1. The van der Waals surface area contributed by atoms with E-state index in [0.717, 1.165) is 36.1 Å². The molecule has 0 fully saturated rings. The highest BCUT2D eigenvalue weighted by molar-refractivity contribution is 7.93. The van der Waals surface area contributed by atoms with Crippen LogP contribution in [0.15, 0.2) is 104 Å². The number of phenols is 1. The number of aromatic hydroxyl groups is 1.